The number of ether oxygens (including phenoxy) is 1. The van der Waals surface area contributed by atoms with E-state index in [0.29, 0.717) is 21.2 Å². The van der Waals surface area contributed by atoms with Crippen molar-refractivity contribution in [3.8, 4) is 0 Å². The SMILES string of the molecule is C[C@H](NC(=O)COC(=O)CCC(=O)c1ccccc1)c1ccc(Cl)cc1Cl. The van der Waals surface area contributed by atoms with Crippen LogP contribution in [0.5, 0.6) is 0 Å². The van der Waals surface area contributed by atoms with Crippen LogP contribution >= 0.6 is 23.2 Å². The fraction of sp³-hybridized carbons (Fsp3) is 0.250. The molecule has 2 rings (SSSR count). The highest BCUT2D eigenvalue weighted by molar-refractivity contribution is 6.35. The van der Waals surface area contributed by atoms with Gasteiger partial charge >= 0.3 is 5.97 Å². The number of nitrogens with one attached hydrogen (secondary N) is 1. The minimum atomic E-state index is -0.605. The van der Waals surface area contributed by atoms with E-state index < -0.39 is 18.5 Å². The molecule has 0 fully saturated rings. The number of carbonyl (C=O) groups excluding carboxylic acids is 3. The smallest absolute Gasteiger partial charge is 0.306 e. The first-order valence-corrected chi connectivity index (χ1v) is 9.10. The molecule has 0 heterocycles. The van der Waals surface area contributed by atoms with Crippen LogP contribution in [0.1, 0.15) is 41.7 Å². The van der Waals surface area contributed by atoms with E-state index in [1.54, 1.807) is 49.4 Å². The molecule has 0 aliphatic carbocycles. The van der Waals surface area contributed by atoms with Crippen LogP contribution in [0.15, 0.2) is 48.5 Å². The number of halogens is 2. The van der Waals surface area contributed by atoms with E-state index in [0.717, 1.165) is 0 Å². The number of carbonyl (C=O) groups is 3. The molecule has 0 aliphatic heterocycles. The summed E-state index contributed by atoms with van der Waals surface area (Å²) in [6, 6.07) is 13.3. The first-order chi connectivity index (χ1) is 12.9. The molecular formula is C20H19Cl2NO4. The van der Waals surface area contributed by atoms with E-state index >= 15 is 0 Å². The summed E-state index contributed by atoms with van der Waals surface area (Å²) >= 11 is 12.0. The summed E-state index contributed by atoms with van der Waals surface area (Å²) in [6.45, 7) is 1.33. The molecule has 0 saturated carbocycles. The van der Waals surface area contributed by atoms with Gasteiger partial charge in [0.15, 0.2) is 12.4 Å². The Kier molecular flexibility index (Phi) is 7.82. The van der Waals surface area contributed by atoms with E-state index in [1.165, 1.54) is 0 Å². The van der Waals surface area contributed by atoms with Gasteiger partial charge in [0.2, 0.25) is 0 Å². The lowest BCUT2D eigenvalue weighted by Gasteiger charge is -2.16. The predicted molar refractivity (Wildman–Crippen MR) is 104 cm³/mol. The third kappa shape index (κ3) is 6.70. The van der Waals surface area contributed by atoms with Gasteiger partial charge < -0.3 is 10.1 Å². The third-order valence-electron chi connectivity index (χ3n) is 3.82. The highest BCUT2D eigenvalue weighted by atomic mass is 35.5. The fourth-order valence-electron chi connectivity index (χ4n) is 2.42. The standard InChI is InChI=1S/C20H19Cl2NO4/c1-13(16-8-7-15(21)11-17(16)22)23-19(25)12-27-20(26)10-9-18(24)14-5-3-2-4-6-14/h2-8,11,13H,9-10,12H2,1H3,(H,23,25)/t13-/m0/s1. The highest BCUT2D eigenvalue weighted by Crippen LogP contribution is 2.25. The van der Waals surface area contributed by atoms with Crippen molar-refractivity contribution in [3.05, 3.63) is 69.7 Å². The van der Waals surface area contributed by atoms with Crippen LogP contribution in [0.3, 0.4) is 0 Å². The maximum absolute atomic E-state index is 11.9. The number of hydrogen-bond donors (Lipinski definition) is 1. The van der Waals surface area contributed by atoms with Crippen molar-refractivity contribution < 1.29 is 19.1 Å². The van der Waals surface area contributed by atoms with E-state index in [9.17, 15) is 14.4 Å². The molecule has 0 saturated heterocycles. The molecule has 0 unspecified atom stereocenters. The molecule has 27 heavy (non-hydrogen) atoms. The van der Waals surface area contributed by atoms with Crippen molar-refractivity contribution in [1.82, 2.24) is 5.32 Å². The Morgan fingerprint density at radius 1 is 1.04 bits per heavy atom. The first-order valence-electron chi connectivity index (χ1n) is 8.35. The maximum Gasteiger partial charge on any atom is 0.306 e. The van der Waals surface area contributed by atoms with Crippen LogP contribution in [-0.4, -0.2) is 24.3 Å². The largest absolute Gasteiger partial charge is 0.456 e. The monoisotopic (exact) mass is 407 g/mol. The molecule has 0 spiro atoms. The van der Waals surface area contributed by atoms with Gasteiger partial charge in [0.1, 0.15) is 0 Å². The summed E-state index contributed by atoms with van der Waals surface area (Å²) < 4.78 is 4.92. The molecule has 0 aromatic heterocycles. The van der Waals surface area contributed by atoms with Crippen LogP contribution in [0.2, 0.25) is 10.0 Å². The quantitative estimate of drug-likeness (QED) is 0.520. The van der Waals surface area contributed by atoms with Crippen LogP contribution in [0.25, 0.3) is 0 Å². The van der Waals surface area contributed by atoms with Crippen LogP contribution in [-0.2, 0) is 14.3 Å². The summed E-state index contributed by atoms with van der Waals surface area (Å²) in [4.78, 5) is 35.6. The number of Topliss-reactive ketones (excluding diaryl/α,β-unsaturated/α-hetero) is 1. The first kappa shape index (κ1) is 20.9. The topological polar surface area (TPSA) is 72.5 Å². The van der Waals surface area contributed by atoms with E-state index in [-0.39, 0.29) is 24.7 Å². The normalized spacial score (nSPS) is 11.5. The van der Waals surface area contributed by atoms with Gasteiger partial charge in [-0.2, -0.15) is 0 Å². The molecule has 0 bridgehead atoms. The molecule has 5 nitrogen and oxygen atoms in total. The number of benzene rings is 2. The third-order valence-corrected chi connectivity index (χ3v) is 4.39. The fourth-order valence-corrected chi connectivity index (χ4v) is 2.99. The molecule has 1 N–H and O–H groups in total. The second kappa shape index (κ2) is 10.1. The Balaban J connectivity index is 1.74. The number of rotatable bonds is 8. The average Bonchev–Trinajstić information content (AvgIpc) is 2.65. The zero-order valence-corrected chi connectivity index (χ0v) is 16.2. The van der Waals surface area contributed by atoms with Crippen LogP contribution < -0.4 is 5.32 Å². The molecule has 1 atom stereocenters. The van der Waals surface area contributed by atoms with Gasteiger partial charge in [-0.15, -0.1) is 0 Å². The van der Waals surface area contributed by atoms with Crippen molar-refractivity contribution in [3.63, 3.8) is 0 Å². The Hall–Kier alpha value is -2.37. The van der Waals surface area contributed by atoms with Crippen molar-refractivity contribution in [2.45, 2.75) is 25.8 Å². The lowest BCUT2D eigenvalue weighted by molar-refractivity contribution is -0.148. The maximum atomic E-state index is 11.9. The lowest BCUT2D eigenvalue weighted by atomic mass is 10.1. The van der Waals surface area contributed by atoms with Gasteiger partial charge in [-0.1, -0.05) is 59.6 Å². The summed E-state index contributed by atoms with van der Waals surface area (Å²) in [5.74, 6) is -1.22. The van der Waals surface area contributed by atoms with Crippen molar-refractivity contribution >= 4 is 40.9 Å². The number of ketones is 1. The molecule has 0 radical (unpaired) electrons. The molecule has 2 aromatic carbocycles. The minimum Gasteiger partial charge on any atom is -0.456 e. The van der Waals surface area contributed by atoms with E-state index in [2.05, 4.69) is 5.32 Å². The second-order valence-electron chi connectivity index (χ2n) is 5.90. The Morgan fingerprint density at radius 2 is 1.74 bits per heavy atom. The Bertz CT molecular complexity index is 824. The van der Waals surface area contributed by atoms with E-state index in [1.807, 2.05) is 6.07 Å². The van der Waals surface area contributed by atoms with E-state index in [4.69, 9.17) is 27.9 Å². The van der Waals surface area contributed by atoms with Gasteiger partial charge in [-0.25, -0.2) is 0 Å². The molecule has 0 aliphatic rings. The van der Waals surface area contributed by atoms with Gasteiger partial charge in [0.05, 0.1) is 12.5 Å². The lowest BCUT2D eigenvalue weighted by Crippen LogP contribution is -2.31. The highest BCUT2D eigenvalue weighted by Gasteiger charge is 2.15. The van der Waals surface area contributed by atoms with Gasteiger partial charge in [-0.05, 0) is 24.6 Å². The Morgan fingerprint density at radius 3 is 2.41 bits per heavy atom. The van der Waals surface area contributed by atoms with Gasteiger partial charge in [-0.3, -0.25) is 14.4 Å². The number of esters is 1. The van der Waals surface area contributed by atoms with Crippen molar-refractivity contribution in [2.24, 2.45) is 0 Å². The minimum absolute atomic E-state index is 0.0290. The number of amides is 1. The summed E-state index contributed by atoms with van der Waals surface area (Å²) in [5.41, 5.74) is 1.24. The summed E-state index contributed by atoms with van der Waals surface area (Å²) in [6.07, 6.45) is -0.0547. The van der Waals surface area contributed by atoms with Crippen LogP contribution in [0, 0.1) is 0 Å². The molecular weight excluding hydrogens is 389 g/mol. The zero-order chi connectivity index (χ0) is 19.8. The van der Waals surface area contributed by atoms with Crippen molar-refractivity contribution in [2.75, 3.05) is 6.61 Å². The second-order valence-corrected chi connectivity index (χ2v) is 6.75. The molecule has 1 amide bonds. The zero-order valence-electron chi connectivity index (χ0n) is 14.7. The van der Waals surface area contributed by atoms with Gasteiger partial charge in [0.25, 0.3) is 5.91 Å². The van der Waals surface area contributed by atoms with Crippen LogP contribution in [0.4, 0.5) is 0 Å². The molecule has 2 aromatic rings. The van der Waals surface area contributed by atoms with Crippen molar-refractivity contribution in [1.29, 1.82) is 0 Å². The average molecular weight is 408 g/mol. The number of hydrogen-bond acceptors (Lipinski definition) is 4. The molecule has 142 valence electrons. The Labute approximate surface area is 167 Å². The predicted octanol–water partition coefficient (Wildman–Crippen LogP) is 4.38. The summed E-state index contributed by atoms with van der Waals surface area (Å²) in [5, 5.41) is 3.63. The summed E-state index contributed by atoms with van der Waals surface area (Å²) in [7, 11) is 0. The van der Waals surface area contributed by atoms with Gasteiger partial charge in [0, 0.05) is 22.0 Å². The molecule has 7 heteroatoms.